The highest BCUT2D eigenvalue weighted by Gasteiger charge is 2.37. The van der Waals surface area contributed by atoms with Gasteiger partial charge in [-0.1, -0.05) is 35.9 Å². The van der Waals surface area contributed by atoms with Gasteiger partial charge in [0.15, 0.2) is 0 Å². The van der Waals surface area contributed by atoms with Crippen LogP contribution in [0.2, 0.25) is 5.02 Å². The molecule has 13 heteroatoms. The number of hydrogen-bond donors (Lipinski definition) is 2. The summed E-state index contributed by atoms with van der Waals surface area (Å²) in [6, 6.07) is 12.3. The van der Waals surface area contributed by atoms with Crippen LogP contribution in [0.5, 0.6) is 5.75 Å². The third-order valence-electron chi connectivity index (χ3n) is 6.71. The highest BCUT2D eigenvalue weighted by atomic mass is 35.5. The van der Waals surface area contributed by atoms with Gasteiger partial charge in [-0.15, -0.1) is 0 Å². The summed E-state index contributed by atoms with van der Waals surface area (Å²) in [5.74, 6) is -1.05. The van der Waals surface area contributed by atoms with Crippen molar-refractivity contribution in [2.75, 3.05) is 17.4 Å². The predicted molar refractivity (Wildman–Crippen MR) is 156 cm³/mol. The number of nitrogens with zero attached hydrogens (tertiary/aromatic N) is 1. The van der Waals surface area contributed by atoms with Crippen LogP contribution < -0.4 is 14.4 Å². The lowest BCUT2D eigenvalue weighted by Gasteiger charge is -2.36. The molecule has 0 bridgehead atoms. The van der Waals surface area contributed by atoms with Gasteiger partial charge in [-0.05, 0) is 74.4 Å². The molecule has 7 nitrogen and oxygen atoms in total. The maximum absolute atomic E-state index is 14.5. The van der Waals surface area contributed by atoms with Crippen LogP contribution in [-0.4, -0.2) is 44.2 Å². The summed E-state index contributed by atoms with van der Waals surface area (Å²) >= 11 is 6.20. The Kier molecular flexibility index (Phi) is 9.15. The minimum Gasteiger partial charge on any atom is -0.486 e. The Morgan fingerprint density at radius 2 is 1.84 bits per heavy atom. The summed E-state index contributed by atoms with van der Waals surface area (Å²) in [5, 5.41) is 12.6. The lowest BCUT2D eigenvalue weighted by molar-refractivity contribution is -0.138. The minimum atomic E-state index is -4.76. The SMILES string of the molecule is C/C(=C\c1ccc2c(c1)N(S(=O)(=O)c1cccc(C(F)(F)F)c1)C[C@H](CCNC(=O)C(C)(C)O)O2)c1c(F)cccc1Cl. The standard InChI is InChI=1S/C30H29ClF4N2O5S/c1-18(27-23(31)8-5-9-24(27)32)14-19-10-11-26-25(15-19)37(17-21(42-26)12-13-36-28(38)29(2,3)39)43(40,41)22-7-4-6-20(16-22)30(33,34)35/h4-11,14-16,21,39H,12-13,17H2,1-3H3,(H,36,38)/b18-14+/t21-/m0/s1. The number of amides is 1. The molecule has 0 saturated carbocycles. The van der Waals surface area contributed by atoms with Crippen LogP contribution in [0.3, 0.4) is 0 Å². The second-order valence-electron chi connectivity index (χ2n) is 10.6. The molecule has 4 rings (SSSR count). The van der Waals surface area contributed by atoms with Crippen molar-refractivity contribution in [3.8, 4) is 5.75 Å². The van der Waals surface area contributed by atoms with Crippen LogP contribution in [0.4, 0.5) is 23.2 Å². The fraction of sp³-hybridized carbons (Fsp3) is 0.300. The number of carbonyl (C=O) groups is 1. The van der Waals surface area contributed by atoms with Gasteiger partial charge < -0.3 is 15.2 Å². The van der Waals surface area contributed by atoms with Gasteiger partial charge in [0.2, 0.25) is 0 Å². The Morgan fingerprint density at radius 3 is 2.49 bits per heavy atom. The monoisotopic (exact) mass is 640 g/mol. The van der Waals surface area contributed by atoms with Crippen LogP contribution in [0.25, 0.3) is 11.6 Å². The lowest BCUT2D eigenvalue weighted by Crippen LogP contribution is -2.46. The number of benzene rings is 3. The fourth-order valence-corrected chi connectivity index (χ4v) is 6.37. The van der Waals surface area contributed by atoms with Crippen molar-refractivity contribution in [2.45, 2.75) is 50.0 Å². The molecule has 0 aromatic heterocycles. The molecule has 0 fully saturated rings. The second kappa shape index (κ2) is 12.2. The van der Waals surface area contributed by atoms with E-state index in [1.54, 1.807) is 19.1 Å². The van der Waals surface area contributed by atoms with Crippen LogP contribution in [-0.2, 0) is 21.0 Å². The first-order chi connectivity index (χ1) is 20.0. The van der Waals surface area contributed by atoms with E-state index in [1.807, 2.05) is 0 Å². The van der Waals surface area contributed by atoms with Crippen molar-refractivity contribution < 1.29 is 40.6 Å². The van der Waals surface area contributed by atoms with Crippen molar-refractivity contribution in [1.82, 2.24) is 5.32 Å². The maximum atomic E-state index is 14.5. The first-order valence-electron chi connectivity index (χ1n) is 13.1. The molecule has 0 saturated heterocycles. The largest absolute Gasteiger partial charge is 0.486 e. The van der Waals surface area contributed by atoms with Crippen LogP contribution in [0.15, 0.2) is 65.6 Å². The molecule has 1 atom stereocenters. The minimum absolute atomic E-state index is 0.0314. The summed E-state index contributed by atoms with van der Waals surface area (Å²) in [7, 11) is -4.54. The molecule has 230 valence electrons. The summed E-state index contributed by atoms with van der Waals surface area (Å²) in [6.45, 7) is 4.01. The van der Waals surface area contributed by atoms with Gasteiger partial charge in [-0.2, -0.15) is 13.2 Å². The van der Waals surface area contributed by atoms with Crippen LogP contribution in [0.1, 0.15) is 43.9 Å². The normalized spacial score (nSPS) is 16.0. The van der Waals surface area contributed by atoms with Crippen LogP contribution in [0, 0.1) is 5.82 Å². The Morgan fingerprint density at radius 1 is 1.14 bits per heavy atom. The number of anilines is 1. The molecule has 3 aromatic rings. The molecule has 0 unspecified atom stereocenters. The van der Waals surface area contributed by atoms with Crippen LogP contribution >= 0.6 is 11.6 Å². The van der Waals surface area contributed by atoms with Gasteiger partial charge in [0.1, 0.15) is 23.3 Å². The molecule has 1 aliphatic heterocycles. The average Bonchev–Trinajstić information content (AvgIpc) is 2.91. The number of rotatable bonds is 8. The Bertz CT molecular complexity index is 1650. The third kappa shape index (κ3) is 7.31. The topological polar surface area (TPSA) is 95.9 Å². The molecule has 1 aliphatic rings. The zero-order valence-corrected chi connectivity index (χ0v) is 24.9. The number of alkyl halides is 3. The van der Waals surface area contributed by atoms with E-state index >= 15 is 0 Å². The quantitative estimate of drug-likeness (QED) is 0.223. The zero-order valence-electron chi connectivity index (χ0n) is 23.4. The summed E-state index contributed by atoms with van der Waals surface area (Å²) < 4.78 is 89.5. The maximum Gasteiger partial charge on any atom is 0.416 e. The van der Waals surface area contributed by atoms with E-state index < -0.39 is 50.1 Å². The zero-order chi connectivity index (χ0) is 31.7. The Balaban J connectivity index is 1.74. The van der Waals surface area contributed by atoms with E-state index in [-0.39, 0.29) is 41.5 Å². The highest BCUT2D eigenvalue weighted by molar-refractivity contribution is 7.92. The Labute approximate surface area is 251 Å². The number of halogens is 5. The third-order valence-corrected chi connectivity index (χ3v) is 8.80. The number of carbonyl (C=O) groups excluding carboxylic acids is 1. The van der Waals surface area contributed by atoms with Gasteiger partial charge in [0.05, 0.1) is 27.7 Å². The highest BCUT2D eigenvalue weighted by Crippen LogP contribution is 2.40. The molecular weight excluding hydrogens is 612 g/mol. The van der Waals surface area contributed by atoms with Gasteiger partial charge in [0, 0.05) is 18.5 Å². The van der Waals surface area contributed by atoms with Gasteiger partial charge in [-0.3, -0.25) is 9.10 Å². The van der Waals surface area contributed by atoms with E-state index in [2.05, 4.69) is 5.32 Å². The van der Waals surface area contributed by atoms with Crippen molar-refractivity contribution >= 4 is 44.9 Å². The van der Waals surface area contributed by atoms with Gasteiger partial charge in [-0.25, -0.2) is 12.8 Å². The molecule has 2 N–H and O–H groups in total. The fourth-order valence-electron chi connectivity index (χ4n) is 4.52. The number of ether oxygens (including phenoxy) is 1. The van der Waals surface area contributed by atoms with Crippen molar-refractivity contribution in [3.05, 3.63) is 88.2 Å². The predicted octanol–water partition coefficient (Wildman–Crippen LogP) is 6.29. The molecule has 1 heterocycles. The smallest absolute Gasteiger partial charge is 0.416 e. The number of aliphatic hydroxyl groups is 1. The average molecular weight is 641 g/mol. The van der Waals surface area contributed by atoms with E-state index in [1.165, 1.54) is 44.2 Å². The number of fused-ring (bicyclic) bond motifs is 1. The van der Waals surface area contributed by atoms with E-state index in [0.717, 1.165) is 22.5 Å². The molecule has 0 aliphatic carbocycles. The second-order valence-corrected chi connectivity index (χ2v) is 12.8. The summed E-state index contributed by atoms with van der Waals surface area (Å²) in [4.78, 5) is 11.5. The summed E-state index contributed by atoms with van der Waals surface area (Å²) in [5.41, 5.74) is -1.61. The molecule has 43 heavy (non-hydrogen) atoms. The molecule has 1 amide bonds. The van der Waals surface area contributed by atoms with Gasteiger partial charge >= 0.3 is 6.18 Å². The van der Waals surface area contributed by atoms with Crippen molar-refractivity contribution in [1.29, 1.82) is 0 Å². The van der Waals surface area contributed by atoms with Gasteiger partial charge in [0.25, 0.3) is 15.9 Å². The Hall–Kier alpha value is -3.61. The van der Waals surface area contributed by atoms with Crippen molar-refractivity contribution in [3.63, 3.8) is 0 Å². The molecule has 0 radical (unpaired) electrons. The van der Waals surface area contributed by atoms with Crippen molar-refractivity contribution in [2.24, 2.45) is 0 Å². The number of nitrogens with one attached hydrogen (secondary N) is 1. The van der Waals surface area contributed by atoms with E-state index in [0.29, 0.717) is 17.2 Å². The van der Waals surface area contributed by atoms with E-state index in [9.17, 15) is 35.9 Å². The first-order valence-corrected chi connectivity index (χ1v) is 14.9. The molecule has 0 spiro atoms. The number of allylic oxidation sites excluding steroid dienone is 1. The number of hydrogen-bond acceptors (Lipinski definition) is 5. The first kappa shape index (κ1) is 32.3. The molecular formula is C30H29ClF4N2O5S. The van der Waals surface area contributed by atoms with E-state index in [4.69, 9.17) is 16.3 Å². The lowest BCUT2D eigenvalue weighted by atomic mass is 10.0. The number of sulfonamides is 1. The summed E-state index contributed by atoms with van der Waals surface area (Å²) in [6.07, 6.45) is -3.84. The molecule has 3 aromatic carbocycles.